The number of para-hydroxylation sites is 1. The van der Waals surface area contributed by atoms with Crippen LogP contribution in [0.15, 0.2) is 53.4 Å². The average molecular weight is 383 g/mol. The molecule has 0 saturated heterocycles. The highest BCUT2D eigenvalue weighted by molar-refractivity contribution is 7.90. The van der Waals surface area contributed by atoms with Gasteiger partial charge in [-0.2, -0.15) is 4.68 Å². The van der Waals surface area contributed by atoms with Crippen LogP contribution >= 0.6 is 0 Å². The van der Waals surface area contributed by atoms with Gasteiger partial charge < -0.3 is 0 Å². The number of aromatic nitrogens is 4. The van der Waals surface area contributed by atoms with Crippen LogP contribution in [0.4, 0.5) is 0 Å². The molecule has 0 atom stereocenters. The van der Waals surface area contributed by atoms with Crippen LogP contribution in [0, 0.1) is 0 Å². The van der Waals surface area contributed by atoms with Gasteiger partial charge in [0.15, 0.2) is 15.7 Å². The zero-order valence-corrected chi connectivity index (χ0v) is 15.9. The van der Waals surface area contributed by atoms with Gasteiger partial charge in [0.05, 0.1) is 17.1 Å². The molecule has 0 bridgehead atoms. The van der Waals surface area contributed by atoms with E-state index in [1.54, 1.807) is 10.7 Å². The third-order valence-electron chi connectivity index (χ3n) is 4.90. The molecule has 0 fully saturated rings. The normalized spacial score (nSPS) is 15.3. The van der Waals surface area contributed by atoms with Crippen molar-refractivity contribution in [3.05, 3.63) is 65.5 Å². The van der Waals surface area contributed by atoms with Crippen LogP contribution in [-0.4, -0.2) is 52.9 Å². The minimum absolute atomic E-state index is 0.391. The van der Waals surface area contributed by atoms with Crippen molar-refractivity contribution in [1.82, 2.24) is 25.1 Å². The summed E-state index contributed by atoms with van der Waals surface area (Å²) in [6.45, 7) is 2.36. The summed E-state index contributed by atoms with van der Waals surface area (Å²) in [6.07, 6.45) is 2.94. The van der Waals surface area contributed by atoms with E-state index in [2.05, 4.69) is 20.4 Å². The summed E-state index contributed by atoms with van der Waals surface area (Å²) in [5, 5.41) is 12.1. The van der Waals surface area contributed by atoms with E-state index in [0.29, 0.717) is 11.4 Å². The molecule has 8 heteroatoms. The molecule has 2 heterocycles. The van der Waals surface area contributed by atoms with E-state index in [1.165, 1.54) is 11.8 Å². The molecule has 0 spiro atoms. The maximum atomic E-state index is 11.8. The molecule has 0 aliphatic carbocycles. The Balaban J connectivity index is 1.51. The number of rotatable bonds is 4. The van der Waals surface area contributed by atoms with Crippen molar-refractivity contribution in [3.63, 3.8) is 0 Å². The summed E-state index contributed by atoms with van der Waals surface area (Å²) < 4.78 is 25.4. The van der Waals surface area contributed by atoms with Crippen molar-refractivity contribution in [1.29, 1.82) is 0 Å². The van der Waals surface area contributed by atoms with E-state index >= 15 is 0 Å². The van der Waals surface area contributed by atoms with Crippen molar-refractivity contribution in [2.24, 2.45) is 0 Å². The summed E-state index contributed by atoms with van der Waals surface area (Å²) in [5.41, 5.74) is 3.27. The molecule has 7 nitrogen and oxygen atoms in total. The minimum Gasteiger partial charge on any atom is -0.295 e. The van der Waals surface area contributed by atoms with E-state index in [-0.39, 0.29) is 0 Å². The predicted molar refractivity (Wildman–Crippen MR) is 101 cm³/mol. The largest absolute Gasteiger partial charge is 0.295 e. The molecule has 0 N–H and O–H groups in total. The maximum Gasteiger partial charge on any atom is 0.175 e. The molecule has 0 saturated carbocycles. The van der Waals surface area contributed by atoms with Gasteiger partial charge in [-0.15, -0.1) is 5.10 Å². The van der Waals surface area contributed by atoms with E-state index in [1.807, 2.05) is 42.5 Å². The van der Waals surface area contributed by atoms with E-state index in [0.717, 1.165) is 43.0 Å². The molecule has 1 aliphatic heterocycles. The molecule has 2 aromatic carbocycles. The van der Waals surface area contributed by atoms with Crippen molar-refractivity contribution in [2.45, 2.75) is 24.3 Å². The second-order valence-corrected chi connectivity index (χ2v) is 8.84. The number of tetrazole rings is 1. The predicted octanol–water partition coefficient (Wildman–Crippen LogP) is 1.67. The average Bonchev–Trinajstić information content (AvgIpc) is 3.02. The Hall–Kier alpha value is -2.58. The van der Waals surface area contributed by atoms with Gasteiger partial charge in [-0.25, -0.2) is 8.42 Å². The van der Waals surface area contributed by atoms with Crippen LogP contribution in [0.25, 0.3) is 5.69 Å². The van der Waals surface area contributed by atoms with E-state index in [9.17, 15) is 8.42 Å². The summed E-state index contributed by atoms with van der Waals surface area (Å²) in [5.74, 6) is 0.795. The van der Waals surface area contributed by atoms with Gasteiger partial charge in [-0.05, 0) is 58.7 Å². The van der Waals surface area contributed by atoms with Crippen molar-refractivity contribution in [3.8, 4) is 5.69 Å². The number of hydrogen-bond donors (Lipinski definition) is 0. The van der Waals surface area contributed by atoms with Crippen LogP contribution in [-0.2, 0) is 29.2 Å². The van der Waals surface area contributed by atoms with Gasteiger partial charge in [0, 0.05) is 19.3 Å². The van der Waals surface area contributed by atoms with Gasteiger partial charge in [-0.3, -0.25) is 4.90 Å². The van der Waals surface area contributed by atoms with Crippen LogP contribution in [0.5, 0.6) is 0 Å². The van der Waals surface area contributed by atoms with Crippen LogP contribution < -0.4 is 0 Å². The fourth-order valence-electron chi connectivity index (χ4n) is 3.41. The SMILES string of the molecule is CS(=O)(=O)c1ccc2c(c1)CCN(Cc1nnnn1-c1ccccc1)CC2. The van der Waals surface area contributed by atoms with Crippen LogP contribution in [0.2, 0.25) is 0 Å². The first-order valence-electron chi connectivity index (χ1n) is 8.87. The fourth-order valence-corrected chi connectivity index (χ4v) is 4.08. The summed E-state index contributed by atoms with van der Waals surface area (Å²) >= 11 is 0. The molecule has 0 radical (unpaired) electrons. The standard InChI is InChI=1S/C19H21N5O2S/c1-27(25,26)18-8-7-15-9-11-23(12-10-16(15)13-18)14-19-20-21-22-24(19)17-5-3-2-4-6-17/h2-8,13H,9-12,14H2,1H3. The van der Waals surface area contributed by atoms with Gasteiger partial charge in [0.1, 0.15) is 0 Å². The van der Waals surface area contributed by atoms with Crippen LogP contribution in [0.3, 0.4) is 0 Å². The highest BCUT2D eigenvalue weighted by atomic mass is 32.2. The fraction of sp³-hybridized carbons (Fsp3) is 0.316. The summed E-state index contributed by atoms with van der Waals surface area (Å²) in [4.78, 5) is 2.70. The Morgan fingerprint density at radius 1 is 1.00 bits per heavy atom. The number of nitrogens with zero attached hydrogens (tertiary/aromatic N) is 5. The van der Waals surface area contributed by atoms with Crippen molar-refractivity contribution < 1.29 is 8.42 Å². The zero-order chi connectivity index (χ0) is 18.9. The molecule has 27 heavy (non-hydrogen) atoms. The number of fused-ring (bicyclic) bond motifs is 1. The number of sulfone groups is 1. The monoisotopic (exact) mass is 383 g/mol. The van der Waals surface area contributed by atoms with Crippen molar-refractivity contribution >= 4 is 9.84 Å². The minimum atomic E-state index is -3.18. The van der Waals surface area contributed by atoms with Gasteiger partial charge in [0.2, 0.25) is 0 Å². The molecule has 1 aliphatic rings. The smallest absolute Gasteiger partial charge is 0.175 e. The molecule has 140 valence electrons. The first kappa shape index (κ1) is 17.8. The Morgan fingerprint density at radius 3 is 2.48 bits per heavy atom. The summed E-state index contributed by atoms with van der Waals surface area (Å²) in [6, 6.07) is 15.3. The van der Waals surface area contributed by atoms with E-state index < -0.39 is 9.84 Å². The third kappa shape index (κ3) is 3.91. The van der Waals surface area contributed by atoms with E-state index in [4.69, 9.17) is 0 Å². The molecule has 4 rings (SSSR count). The highest BCUT2D eigenvalue weighted by Crippen LogP contribution is 2.21. The van der Waals surface area contributed by atoms with Gasteiger partial charge in [0.25, 0.3) is 0 Å². The molecule has 0 unspecified atom stereocenters. The summed E-state index contributed by atoms with van der Waals surface area (Å²) in [7, 11) is -3.18. The number of hydrogen-bond acceptors (Lipinski definition) is 6. The zero-order valence-electron chi connectivity index (χ0n) is 15.1. The first-order chi connectivity index (χ1) is 13.0. The Labute approximate surface area is 158 Å². The molecule has 1 aromatic heterocycles. The first-order valence-corrected chi connectivity index (χ1v) is 10.8. The van der Waals surface area contributed by atoms with Gasteiger partial charge in [-0.1, -0.05) is 24.3 Å². The second-order valence-electron chi connectivity index (χ2n) is 6.82. The second kappa shape index (κ2) is 7.21. The number of benzene rings is 2. The topological polar surface area (TPSA) is 81.0 Å². The van der Waals surface area contributed by atoms with Gasteiger partial charge >= 0.3 is 0 Å². The lowest BCUT2D eigenvalue weighted by Gasteiger charge is -2.18. The molecule has 3 aromatic rings. The Morgan fingerprint density at radius 2 is 1.74 bits per heavy atom. The maximum absolute atomic E-state index is 11.8. The Kier molecular flexibility index (Phi) is 4.75. The molecule has 0 amide bonds. The third-order valence-corrected chi connectivity index (χ3v) is 6.01. The Bertz CT molecular complexity index is 1050. The lowest BCUT2D eigenvalue weighted by atomic mass is 10.0. The molecular formula is C19H21N5O2S. The van der Waals surface area contributed by atoms with Crippen LogP contribution in [0.1, 0.15) is 17.0 Å². The molecular weight excluding hydrogens is 362 g/mol. The highest BCUT2D eigenvalue weighted by Gasteiger charge is 2.19. The quantitative estimate of drug-likeness (QED) is 0.682. The van der Waals surface area contributed by atoms with Crippen molar-refractivity contribution in [2.75, 3.05) is 19.3 Å². The lowest BCUT2D eigenvalue weighted by Crippen LogP contribution is -2.27. The lowest BCUT2D eigenvalue weighted by molar-refractivity contribution is 0.270.